The monoisotopic (exact) mass is 355 g/mol. The van der Waals surface area contributed by atoms with Gasteiger partial charge >= 0.3 is 11.9 Å². The van der Waals surface area contributed by atoms with E-state index < -0.39 is 0 Å². The molecule has 1 fully saturated rings. The number of methoxy groups -OCH3 is 1. The molecule has 1 N–H and O–H groups in total. The molecular formula is C18H33N3O4. The number of hydrogen-bond acceptors (Lipinski definition) is 5. The number of ether oxygens (including phenoxy) is 2. The number of hydrogen-bond donors (Lipinski definition) is 1. The van der Waals surface area contributed by atoms with E-state index in [1.54, 1.807) is 7.05 Å². The normalized spacial score (nSPS) is 15.8. The van der Waals surface area contributed by atoms with Crippen molar-refractivity contribution < 1.29 is 19.1 Å². The van der Waals surface area contributed by atoms with E-state index in [9.17, 15) is 9.59 Å². The molecule has 0 bridgehead atoms. The molecule has 0 saturated carbocycles. The Morgan fingerprint density at radius 1 is 1.16 bits per heavy atom. The minimum Gasteiger partial charge on any atom is -0.469 e. The van der Waals surface area contributed by atoms with Crippen molar-refractivity contribution in [1.82, 2.24) is 10.2 Å². The van der Waals surface area contributed by atoms with E-state index in [4.69, 9.17) is 4.74 Å². The highest BCUT2D eigenvalue weighted by molar-refractivity contribution is 5.80. The molecule has 0 atom stereocenters. The summed E-state index contributed by atoms with van der Waals surface area (Å²) in [5.41, 5.74) is 0. The second-order valence-electron chi connectivity index (χ2n) is 6.23. The van der Waals surface area contributed by atoms with Crippen molar-refractivity contribution in [3.63, 3.8) is 0 Å². The van der Waals surface area contributed by atoms with Crippen LogP contribution < -0.4 is 5.32 Å². The van der Waals surface area contributed by atoms with Crippen LogP contribution in [-0.4, -0.2) is 63.2 Å². The summed E-state index contributed by atoms with van der Waals surface area (Å²) < 4.78 is 9.73. The van der Waals surface area contributed by atoms with E-state index >= 15 is 0 Å². The van der Waals surface area contributed by atoms with Crippen LogP contribution in [0.5, 0.6) is 0 Å². The number of esters is 2. The molecule has 0 amide bonds. The molecular weight excluding hydrogens is 322 g/mol. The van der Waals surface area contributed by atoms with Crippen LogP contribution >= 0.6 is 0 Å². The van der Waals surface area contributed by atoms with Gasteiger partial charge in [-0.15, -0.1) is 0 Å². The molecule has 7 nitrogen and oxygen atoms in total. The van der Waals surface area contributed by atoms with E-state index in [-0.39, 0.29) is 17.9 Å². The summed E-state index contributed by atoms with van der Waals surface area (Å²) >= 11 is 0. The second-order valence-corrected chi connectivity index (χ2v) is 6.23. The van der Waals surface area contributed by atoms with Gasteiger partial charge in [-0.3, -0.25) is 14.6 Å². The summed E-state index contributed by atoms with van der Waals surface area (Å²) in [6.45, 7) is 4.80. The maximum absolute atomic E-state index is 11.8. The van der Waals surface area contributed by atoms with Crippen LogP contribution in [0.15, 0.2) is 4.99 Å². The molecule has 1 rings (SSSR count). The maximum atomic E-state index is 11.8. The van der Waals surface area contributed by atoms with Gasteiger partial charge in [0.1, 0.15) is 0 Å². The maximum Gasteiger partial charge on any atom is 0.309 e. The van der Waals surface area contributed by atoms with Crippen LogP contribution in [0.1, 0.15) is 51.9 Å². The van der Waals surface area contributed by atoms with Crippen LogP contribution in [0.2, 0.25) is 0 Å². The summed E-state index contributed by atoms with van der Waals surface area (Å²) in [6, 6.07) is 0. The first-order chi connectivity index (χ1) is 12.1. The molecule has 0 aromatic heterocycles. The minimum atomic E-state index is -0.134. The first-order valence-electron chi connectivity index (χ1n) is 9.31. The molecule has 1 aliphatic heterocycles. The largest absolute Gasteiger partial charge is 0.469 e. The lowest BCUT2D eigenvalue weighted by molar-refractivity contribution is -0.149. The zero-order valence-corrected chi connectivity index (χ0v) is 15.9. The first-order valence-corrected chi connectivity index (χ1v) is 9.31. The molecule has 0 radical (unpaired) electrons. The first kappa shape index (κ1) is 21.3. The smallest absolute Gasteiger partial charge is 0.309 e. The quantitative estimate of drug-likeness (QED) is 0.295. The van der Waals surface area contributed by atoms with E-state index in [0.717, 1.165) is 64.1 Å². The molecule has 0 aromatic rings. The number of carbonyl (C=O) groups excluding carboxylic acids is 2. The van der Waals surface area contributed by atoms with Crippen molar-refractivity contribution in [2.24, 2.45) is 10.9 Å². The average Bonchev–Trinajstić information content (AvgIpc) is 2.64. The van der Waals surface area contributed by atoms with E-state index in [1.165, 1.54) is 7.11 Å². The third kappa shape index (κ3) is 8.23. The Morgan fingerprint density at radius 3 is 2.44 bits per heavy atom. The Balaban J connectivity index is 2.17. The fourth-order valence-corrected chi connectivity index (χ4v) is 2.97. The van der Waals surface area contributed by atoms with Gasteiger partial charge in [0.25, 0.3) is 0 Å². The number of aliphatic imine (C=N–C) groups is 1. The van der Waals surface area contributed by atoms with Crippen LogP contribution in [0.4, 0.5) is 0 Å². The van der Waals surface area contributed by atoms with Gasteiger partial charge in [-0.1, -0.05) is 12.8 Å². The van der Waals surface area contributed by atoms with Crippen LogP contribution in [0, 0.1) is 5.92 Å². The van der Waals surface area contributed by atoms with Gasteiger partial charge < -0.3 is 19.7 Å². The van der Waals surface area contributed by atoms with Gasteiger partial charge in [0.15, 0.2) is 5.96 Å². The molecule has 0 spiro atoms. The van der Waals surface area contributed by atoms with Gasteiger partial charge in [-0.25, -0.2) is 0 Å². The highest BCUT2D eigenvalue weighted by Crippen LogP contribution is 2.18. The standard InChI is InChI=1S/C18H33N3O4/c1-4-25-17(23)15-10-13-21(14-11-15)18(19-2)20-12-8-6-5-7-9-16(22)24-3/h15H,4-14H2,1-3H3,(H,19,20). The molecule has 1 saturated heterocycles. The van der Waals surface area contributed by atoms with Crippen LogP contribution in [0.25, 0.3) is 0 Å². The number of unbranched alkanes of at least 4 members (excludes halogenated alkanes) is 3. The van der Waals surface area contributed by atoms with Gasteiger partial charge in [0.2, 0.25) is 0 Å². The topological polar surface area (TPSA) is 80.2 Å². The fourth-order valence-electron chi connectivity index (χ4n) is 2.97. The Morgan fingerprint density at radius 2 is 1.84 bits per heavy atom. The van der Waals surface area contributed by atoms with Crippen molar-refractivity contribution in [3.8, 4) is 0 Å². The van der Waals surface area contributed by atoms with E-state index in [2.05, 4.69) is 19.9 Å². The number of piperidine rings is 1. The molecule has 144 valence electrons. The zero-order valence-electron chi connectivity index (χ0n) is 15.9. The van der Waals surface area contributed by atoms with E-state index in [0.29, 0.717) is 13.0 Å². The molecule has 1 aliphatic rings. The van der Waals surface area contributed by atoms with Crippen molar-refractivity contribution in [2.45, 2.75) is 51.9 Å². The van der Waals surface area contributed by atoms with Gasteiger partial charge in [-0.2, -0.15) is 0 Å². The Labute approximate surface area is 151 Å². The minimum absolute atomic E-state index is 0.0177. The van der Waals surface area contributed by atoms with Crippen molar-refractivity contribution in [2.75, 3.05) is 40.4 Å². The predicted molar refractivity (Wildman–Crippen MR) is 97.4 cm³/mol. The van der Waals surface area contributed by atoms with Gasteiger partial charge in [-0.05, 0) is 32.6 Å². The van der Waals surface area contributed by atoms with Crippen molar-refractivity contribution in [3.05, 3.63) is 0 Å². The third-order valence-electron chi connectivity index (χ3n) is 4.44. The van der Waals surface area contributed by atoms with E-state index in [1.807, 2.05) is 6.92 Å². The number of carbonyl (C=O) groups is 2. The molecule has 25 heavy (non-hydrogen) atoms. The average molecular weight is 355 g/mol. The summed E-state index contributed by atoms with van der Waals surface area (Å²) in [4.78, 5) is 29.3. The number of nitrogens with zero attached hydrogens (tertiary/aromatic N) is 2. The fraction of sp³-hybridized carbons (Fsp3) is 0.833. The Hall–Kier alpha value is -1.79. The van der Waals surface area contributed by atoms with Gasteiger partial charge in [0.05, 0.1) is 19.6 Å². The lowest BCUT2D eigenvalue weighted by Crippen LogP contribution is -2.46. The Bertz CT molecular complexity index is 432. The number of guanidine groups is 1. The van der Waals surface area contributed by atoms with Crippen molar-refractivity contribution >= 4 is 17.9 Å². The molecule has 0 unspecified atom stereocenters. The SMILES string of the molecule is CCOC(=O)C1CCN(C(=NC)NCCCCCCC(=O)OC)CC1. The van der Waals surface area contributed by atoms with Crippen molar-refractivity contribution in [1.29, 1.82) is 0 Å². The number of likely N-dealkylation sites (tertiary alicyclic amines) is 1. The number of nitrogens with one attached hydrogen (secondary N) is 1. The summed E-state index contributed by atoms with van der Waals surface area (Å²) in [5, 5.41) is 3.39. The molecule has 7 heteroatoms. The summed E-state index contributed by atoms with van der Waals surface area (Å²) in [6.07, 6.45) is 6.15. The predicted octanol–water partition coefficient (Wildman–Crippen LogP) is 1.96. The third-order valence-corrected chi connectivity index (χ3v) is 4.44. The highest BCUT2D eigenvalue weighted by atomic mass is 16.5. The van der Waals surface area contributed by atoms with Crippen LogP contribution in [0.3, 0.4) is 0 Å². The number of rotatable bonds is 9. The zero-order chi connectivity index (χ0) is 18.5. The summed E-state index contributed by atoms with van der Waals surface area (Å²) in [7, 11) is 3.21. The highest BCUT2D eigenvalue weighted by Gasteiger charge is 2.27. The lowest BCUT2D eigenvalue weighted by Gasteiger charge is -2.33. The summed E-state index contributed by atoms with van der Waals surface area (Å²) in [5.74, 6) is 0.711. The lowest BCUT2D eigenvalue weighted by atomic mass is 9.97. The molecule has 0 aliphatic carbocycles. The van der Waals surface area contributed by atoms with Crippen LogP contribution in [-0.2, 0) is 19.1 Å². The molecule has 0 aromatic carbocycles. The Kier molecular flexibility index (Phi) is 10.7. The molecule has 1 heterocycles. The second kappa shape index (κ2) is 12.6. The van der Waals surface area contributed by atoms with Gasteiger partial charge in [0, 0.05) is 33.1 Å².